The van der Waals surface area contributed by atoms with Crippen LogP contribution >= 0.6 is 0 Å². The Labute approximate surface area is 61.7 Å². The van der Waals surface area contributed by atoms with Crippen molar-refractivity contribution < 1.29 is 9.47 Å². The fourth-order valence-corrected chi connectivity index (χ4v) is 1.07. The highest BCUT2D eigenvalue weighted by Gasteiger charge is 2.10. The SMILES string of the molecule is CNCC1COCCOC1. The number of hydrogen-bond acceptors (Lipinski definition) is 3. The van der Waals surface area contributed by atoms with Gasteiger partial charge >= 0.3 is 0 Å². The molecular formula is C7H15NO2. The molecule has 3 heteroatoms. The zero-order chi connectivity index (χ0) is 7.23. The van der Waals surface area contributed by atoms with Gasteiger partial charge in [-0.3, -0.25) is 0 Å². The van der Waals surface area contributed by atoms with Crippen molar-refractivity contribution >= 4 is 0 Å². The summed E-state index contributed by atoms with van der Waals surface area (Å²) in [7, 11) is 1.95. The zero-order valence-electron chi connectivity index (χ0n) is 6.43. The fraction of sp³-hybridized carbons (Fsp3) is 1.00. The monoisotopic (exact) mass is 145 g/mol. The van der Waals surface area contributed by atoms with E-state index in [0.717, 1.165) is 33.0 Å². The lowest BCUT2D eigenvalue weighted by Crippen LogP contribution is -2.25. The number of ether oxygens (including phenoxy) is 2. The summed E-state index contributed by atoms with van der Waals surface area (Å²) in [5, 5.41) is 3.11. The van der Waals surface area contributed by atoms with Gasteiger partial charge in [-0.15, -0.1) is 0 Å². The number of rotatable bonds is 2. The van der Waals surface area contributed by atoms with Gasteiger partial charge in [0.2, 0.25) is 0 Å². The average Bonchev–Trinajstić information content (AvgIpc) is 2.17. The van der Waals surface area contributed by atoms with Gasteiger partial charge in [-0.25, -0.2) is 0 Å². The Morgan fingerprint density at radius 1 is 1.30 bits per heavy atom. The molecule has 0 spiro atoms. The average molecular weight is 145 g/mol. The molecule has 0 bridgehead atoms. The van der Waals surface area contributed by atoms with Crippen LogP contribution in [0.1, 0.15) is 0 Å². The van der Waals surface area contributed by atoms with E-state index in [4.69, 9.17) is 9.47 Å². The Bertz CT molecular complexity index is 79.7. The highest BCUT2D eigenvalue weighted by molar-refractivity contribution is 4.61. The number of hydrogen-bond donors (Lipinski definition) is 1. The zero-order valence-corrected chi connectivity index (χ0v) is 6.43. The first-order valence-electron chi connectivity index (χ1n) is 3.73. The summed E-state index contributed by atoms with van der Waals surface area (Å²) in [5.41, 5.74) is 0. The highest BCUT2D eigenvalue weighted by atomic mass is 16.5. The lowest BCUT2D eigenvalue weighted by Gasteiger charge is -2.10. The Kier molecular flexibility index (Phi) is 3.72. The van der Waals surface area contributed by atoms with Crippen LogP contribution in [0.4, 0.5) is 0 Å². The second kappa shape index (κ2) is 4.66. The maximum atomic E-state index is 5.29. The van der Waals surface area contributed by atoms with Crippen LogP contribution in [0.3, 0.4) is 0 Å². The molecule has 0 saturated carbocycles. The maximum absolute atomic E-state index is 5.29. The van der Waals surface area contributed by atoms with E-state index in [2.05, 4.69) is 5.32 Å². The standard InChI is InChI=1S/C7H15NO2/c1-8-4-7-5-9-2-3-10-6-7/h7-8H,2-6H2,1H3. The summed E-state index contributed by atoms with van der Waals surface area (Å²) in [6, 6.07) is 0. The predicted molar refractivity (Wildman–Crippen MR) is 39.1 cm³/mol. The van der Waals surface area contributed by atoms with E-state index < -0.39 is 0 Å². The van der Waals surface area contributed by atoms with Crippen molar-refractivity contribution in [2.45, 2.75) is 0 Å². The van der Waals surface area contributed by atoms with Crippen LogP contribution in [0.2, 0.25) is 0 Å². The maximum Gasteiger partial charge on any atom is 0.0700 e. The van der Waals surface area contributed by atoms with E-state index in [1.165, 1.54) is 0 Å². The molecule has 0 aliphatic carbocycles. The molecule has 0 aromatic carbocycles. The summed E-state index contributed by atoms with van der Waals surface area (Å²) in [6.45, 7) is 4.15. The van der Waals surface area contributed by atoms with Gasteiger partial charge in [0, 0.05) is 12.5 Å². The van der Waals surface area contributed by atoms with Crippen LogP contribution in [-0.4, -0.2) is 40.0 Å². The predicted octanol–water partition coefficient (Wildman–Crippen LogP) is -0.131. The largest absolute Gasteiger partial charge is 0.379 e. The molecule has 1 heterocycles. The molecule has 1 aliphatic heterocycles. The molecule has 0 radical (unpaired) electrons. The van der Waals surface area contributed by atoms with E-state index in [9.17, 15) is 0 Å². The summed E-state index contributed by atoms with van der Waals surface area (Å²) in [4.78, 5) is 0. The quantitative estimate of drug-likeness (QED) is 0.587. The second-order valence-electron chi connectivity index (χ2n) is 2.57. The summed E-state index contributed by atoms with van der Waals surface area (Å²) in [6.07, 6.45) is 0. The van der Waals surface area contributed by atoms with E-state index >= 15 is 0 Å². The van der Waals surface area contributed by atoms with Crippen LogP contribution in [0.25, 0.3) is 0 Å². The van der Waals surface area contributed by atoms with Gasteiger partial charge in [0.05, 0.1) is 26.4 Å². The molecule has 0 aromatic heterocycles. The van der Waals surface area contributed by atoms with E-state index in [1.807, 2.05) is 7.05 Å². The van der Waals surface area contributed by atoms with Gasteiger partial charge in [0.15, 0.2) is 0 Å². The van der Waals surface area contributed by atoms with E-state index in [0.29, 0.717) is 5.92 Å². The van der Waals surface area contributed by atoms with Crippen molar-refractivity contribution in [2.75, 3.05) is 40.0 Å². The van der Waals surface area contributed by atoms with Crippen molar-refractivity contribution in [2.24, 2.45) is 5.92 Å². The minimum atomic E-state index is 0.535. The van der Waals surface area contributed by atoms with Gasteiger partial charge in [0.1, 0.15) is 0 Å². The Hall–Kier alpha value is -0.120. The van der Waals surface area contributed by atoms with Gasteiger partial charge in [-0.2, -0.15) is 0 Å². The van der Waals surface area contributed by atoms with E-state index in [-0.39, 0.29) is 0 Å². The first-order chi connectivity index (χ1) is 4.93. The first-order valence-corrected chi connectivity index (χ1v) is 3.73. The third-order valence-electron chi connectivity index (χ3n) is 1.57. The lowest BCUT2D eigenvalue weighted by atomic mass is 10.2. The van der Waals surface area contributed by atoms with Crippen LogP contribution in [0.5, 0.6) is 0 Å². The smallest absolute Gasteiger partial charge is 0.0700 e. The minimum Gasteiger partial charge on any atom is -0.379 e. The third-order valence-corrected chi connectivity index (χ3v) is 1.57. The molecule has 1 rings (SSSR count). The number of nitrogens with one attached hydrogen (secondary N) is 1. The van der Waals surface area contributed by atoms with Crippen molar-refractivity contribution in [3.63, 3.8) is 0 Å². The minimum absolute atomic E-state index is 0.535. The van der Waals surface area contributed by atoms with Crippen molar-refractivity contribution in [3.8, 4) is 0 Å². The summed E-state index contributed by atoms with van der Waals surface area (Å²) < 4.78 is 10.6. The van der Waals surface area contributed by atoms with Crippen molar-refractivity contribution in [1.29, 1.82) is 0 Å². The molecule has 0 unspecified atom stereocenters. The molecule has 10 heavy (non-hydrogen) atoms. The van der Waals surface area contributed by atoms with Crippen molar-refractivity contribution in [3.05, 3.63) is 0 Å². The van der Waals surface area contributed by atoms with Crippen LogP contribution < -0.4 is 5.32 Å². The second-order valence-corrected chi connectivity index (χ2v) is 2.57. The van der Waals surface area contributed by atoms with Crippen LogP contribution in [0.15, 0.2) is 0 Å². The molecule has 1 fully saturated rings. The Morgan fingerprint density at radius 2 is 1.90 bits per heavy atom. The first kappa shape index (κ1) is 7.98. The molecular weight excluding hydrogens is 130 g/mol. The molecule has 0 aromatic rings. The van der Waals surface area contributed by atoms with Gasteiger partial charge in [-0.1, -0.05) is 0 Å². The topological polar surface area (TPSA) is 30.5 Å². The van der Waals surface area contributed by atoms with Gasteiger partial charge in [-0.05, 0) is 7.05 Å². The highest BCUT2D eigenvalue weighted by Crippen LogP contribution is 2.01. The molecule has 3 nitrogen and oxygen atoms in total. The fourth-order valence-electron chi connectivity index (χ4n) is 1.07. The lowest BCUT2D eigenvalue weighted by molar-refractivity contribution is 0.103. The molecule has 60 valence electrons. The van der Waals surface area contributed by atoms with Gasteiger partial charge < -0.3 is 14.8 Å². The summed E-state index contributed by atoms with van der Waals surface area (Å²) in [5.74, 6) is 0.535. The Morgan fingerprint density at radius 3 is 2.40 bits per heavy atom. The third kappa shape index (κ3) is 2.64. The van der Waals surface area contributed by atoms with Gasteiger partial charge in [0.25, 0.3) is 0 Å². The van der Waals surface area contributed by atoms with Crippen molar-refractivity contribution in [1.82, 2.24) is 5.32 Å². The van der Waals surface area contributed by atoms with Crippen LogP contribution in [-0.2, 0) is 9.47 Å². The molecule has 1 saturated heterocycles. The molecule has 1 aliphatic rings. The molecule has 0 atom stereocenters. The summed E-state index contributed by atoms with van der Waals surface area (Å²) >= 11 is 0. The normalized spacial score (nSPS) is 22.5. The van der Waals surface area contributed by atoms with Crippen LogP contribution in [0, 0.1) is 5.92 Å². The molecule has 0 amide bonds. The molecule has 1 N–H and O–H groups in total. The Balaban J connectivity index is 2.15. The van der Waals surface area contributed by atoms with E-state index in [1.54, 1.807) is 0 Å².